The number of hydrogen-bond donors (Lipinski definition) is 1. The van der Waals surface area contributed by atoms with Crippen LogP contribution in [0.1, 0.15) is 21.7 Å². The molecule has 136 valence electrons. The molecule has 27 heavy (non-hydrogen) atoms. The van der Waals surface area contributed by atoms with Crippen LogP contribution in [-0.4, -0.2) is 15.5 Å². The molecule has 0 fully saturated rings. The minimum absolute atomic E-state index is 0.245. The number of anilines is 1. The molecule has 4 aromatic rings. The van der Waals surface area contributed by atoms with E-state index in [1.807, 2.05) is 35.9 Å². The van der Waals surface area contributed by atoms with E-state index in [-0.39, 0.29) is 11.5 Å². The summed E-state index contributed by atoms with van der Waals surface area (Å²) in [5.74, 6) is 0.418. The number of carbonyl (C=O) groups excluding carboxylic acids is 1. The van der Waals surface area contributed by atoms with Gasteiger partial charge >= 0.3 is 0 Å². The predicted molar refractivity (Wildman–Crippen MR) is 107 cm³/mol. The van der Waals surface area contributed by atoms with E-state index in [2.05, 4.69) is 10.3 Å². The molecule has 0 spiro atoms. The van der Waals surface area contributed by atoms with Crippen LogP contribution in [0.15, 0.2) is 59.5 Å². The fourth-order valence-corrected chi connectivity index (χ4v) is 3.66. The van der Waals surface area contributed by atoms with Gasteiger partial charge in [0.25, 0.3) is 5.91 Å². The first kappa shape index (κ1) is 17.6. The largest absolute Gasteiger partial charge is 0.461 e. The van der Waals surface area contributed by atoms with Crippen LogP contribution in [0.5, 0.6) is 0 Å². The molecule has 0 unspecified atom stereocenters. The summed E-state index contributed by atoms with van der Waals surface area (Å²) in [7, 11) is 0. The number of hydrogen-bond acceptors (Lipinski definition) is 3. The van der Waals surface area contributed by atoms with Gasteiger partial charge in [-0.25, -0.2) is 4.98 Å². The summed E-state index contributed by atoms with van der Waals surface area (Å²) in [5, 5.41) is 4.37. The lowest BCUT2D eigenvalue weighted by atomic mass is 10.1. The number of nitrogens with zero attached hydrogens (tertiary/aromatic N) is 2. The molecule has 0 aliphatic carbocycles. The average Bonchev–Trinajstić information content (AvgIpc) is 3.24. The van der Waals surface area contributed by atoms with Gasteiger partial charge in [-0.3, -0.25) is 4.79 Å². The molecule has 1 amide bonds. The van der Waals surface area contributed by atoms with E-state index in [4.69, 9.17) is 27.6 Å². The molecule has 0 saturated heterocycles. The Labute approximate surface area is 165 Å². The third-order valence-electron chi connectivity index (χ3n) is 4.35. The van der Waals surface area contributed by atoms with Crippen molar-refractivity contribution in [2.75, 3.05) is 5.32 Å². The van der Waals surface area contributed by atoms with E-state index >= 15 is 0 Å². The van der Waals surface area contributed by atoms with Gasteiger partial charge in [-0.2, -0.15) is 0 Å². The Kier molecular flexibility index (Phi) is 4.64. The van der Waals surface area contributed by atoms with Crippen molar-refractivity contribution in [1.82, 2.24) is 9.55 Å². The number of amides is 1. The van der Waals surface area contributed by atoms with Gasteiger partial charge in [0.05, 0.1) is 34.2 Å². The number of aryl methyl sites for hydroxylation is 1. The summed E-state index contributed by atoms with van der Waals surface area (Å²) >= 11 is 12.3. The summed E-state index contributed by atoms with van der Waals surface area (Å²) < 4.78 is 7.83. The maximum Gasteiger partial charge on any atom is 0.258 e. The van der Waals surface area contributed by atoms with Crippen LogP contribution in [0.2, 0.25) is 10.0 Å². The number of rotatable bonds is 4. The van der Waals surface area contributed by atoms with E-state index in [1.165, 1.54) is 0 Å². The van der Waals surface area contributed by atoms with Gasteiger partial charge in [0.15, 0.2) is 0 Å². The summed E-state index contributed by atoms with van der Waals surface area (Å²) in [5.41, 5.74) is 2.56. The zero-order valence-corrected chi connectivity index (χ0v) is 15.9. The first-order chi connectivity index (χ1) is 13.0. The lowest BCUT2D eigenvalue weighted by molar-refractivity contribution is 0.102. The second kappa shape index (κ2) is 7.10. The molecule has 0 aliphatic heterocycles. The highest BCUT2D eigenvalue weighted by Gasteiger charge is 2.19. The van der Waals surface area contributed by atoms with Crippen molar-refractivity contribution in [2.24, 2.45) is 0 Å². The fourth-order valence-electron chi connectivity index (χ4n) is 3.09. The van der Waals surface area contributed by atoms with Gasteiger partial charge in [0.2, 0.25) is 0 Å². The van der Waals surface area contributed by atoms with E-state index in [0.29, 0.717) is 27.9 Å². The molecule has 4 rings (SSSR count). The molecule has 0 bridgehead atoms. The smallest absolute Gasteiger partial charge is 0.258 e. The Hall–Kier alpha value is -2.76. The lowest BCUT2D eigenvalue weighted by Crippen LogP contribution is -2.13. The minimum atomic E-state index is -0.370. The van der Waals surface area contributed by atoms with Crippen molar-refractivity contribution in [3.8, 4) is 0 Å². The highest BCUT2D eigenvalue weighted by Crippen LogP contribution is 2.33. The van der Waals surface area contributed by atoms with Gasteiger partial charge in [-0.1, -0.05) is 35.3 Å². The van der Waals surface area contributed by atoms with Crippen molar-refractivity contribution in [2.45, 2.75) is 13.5 Å². The minimum Gasteiger partial charge on any atom is -0.461 e. The van der Waals surface area contributed by atoms with Gasteiger partial charge in [0, 0.05) is 23.3 Å². The van der Waals surface area contributed by atoms with E-state index in [1.54, 1.807) is 30.7 Å². The molecule has 2 heterocycles. The quantitative estimate of drug-likeness (QED) is 0.489. The number of furan rings is 1. The Bertz CT molecular complexity index is 1110. The molecule has 2 aromatic carbocycles. The van der Waals surface area contributed by atoms with Gasteiger partial charge in [-0.05, 0) is 31.2 Å². The van der Waals surface area contributed by atoms with Crippen LogP contribution in [0, 0.1) is 6.92 Å². The van der Waals surface area contributed by atoms with Crippen molar-refractivity contribution in [1.29, 1.82) is 0 Å². The SMILES string of the molecule is Cc1oc2cccc(NC(=O)c3c(Cl)cccc3Cl)c2c1Cn1ccnc1. The highest BCUT2D eigenvalue weighted by atomic mass is 35.5. The second-order valence-electron chi connectivity index (χ2n) is 6.10. The van der Waals surface area contributed by atoms with Crippen LogP contribution in [0.25, 0.3) is 11.0 Å². The van der Waals surface area contributed by atoms with Crippen LogP contribution in [-0.2, 0) is 6.54 Å². The van der Waals surface area contributed by atoms with Crippen LogP contribution in [0.4, 0.5) is 5.69 Å². The first-order valence-corrected chi connectivity index (χ1v) is 9.02. The number of halogens is 2. The van der Waals surface area contributed by atoms with Crippen molar-refractivity contribution >= 4 is 45.8 Å². The lowest BCUT2D eigenvalue weighted by Gasteiger charge is -2.10. The molecule has 0 atom stereocenters. The number of nitrogens with one attached hydrogen (secondary N) is 1. The summed E-state index contributed by atoms with van der Waals surface area (Å²) in [6.45, 7) is 2.49. The van der Waals surface area contributed by atoms with E-state index in [9.17, 15) is 4.79 Å². The summed E-state index contributed by atoms with van der Waals surface area (Å²) in [4.78, 5) is 16.9. The van der Waals surface area contributed by atoms with Crippen LogP contribution in [0.3, 0.4) is 0 Å². The Balaban J connectivity index is 1.77. The third-order valence-corrected chi connectivity index (χ3v) is 4.98. The van der Waals surface area contributed by atoms with Crippen LogP contribution >= 0.6 is 23.2 Å². The standard InChI is InChI=1S/C20H15Cl2N3O2/c1-12-13(10-25-9-8-23-11-25)18-16(6-3-7-17(18)27-12)24-20(26)19-14(21)4-2-5-15(19)22/h2-9,11H,10H2,1H3,(H,24,26). The molecule has 7 heteroatoms. The first-order valence-electron chi connectivity index (χ1n) is 8.26. The number of aromatic nitrogens is 2. The van der Waals surface area contributed by atoms with Crippen molar-refractivity contribution in [3.05, 3.63) is 82.1 Å². The number of imidazole rings is 1. The average molecular weight is 400 g/mol. The molecule has 1 N–H and O–H groups in total. The number of fused-ring (bicyclic) bond motifs is 1. The molecular weight excluding hydrogens is 385 g/mol. The Morgan fingerprint density at radius 3 is 2.63 bits per heavy atom. The topological polar surface area (TPSA) is 60.1 Å². The Morgan fingerprint density at radius 1 is 1.19 bits per heavy atom. The van der Waals surface area contributed by atoms with Crippen molar-refractivity contribution < 1.29 is 9.21 Å². The second-order valence-corrected chi connectivity index (χ2v) is 6.92. The van der Waals surface area contributed by atoms with Crippen molar-refractivity contribution in [3.63, 3.8) is 0 Å². The third kappa shape index (κ3) is 3.31. The molecule has 5 nitrogen and oxygen atoms in total. The summed E-state index contributed by atoms with van der Waals surface area (Å²) in [6.07, 6.45) is 5.34. The molecule has 0 aliphatic rings. The summed E-state index contributed by atoms with van der Waals surface area (Å²) in [6, 6.07) is 10.5. The maximum absolute atomic E-state index is 12.8. The molecular formula is C20H15Cl2N3O2. The predicted octanol–water partition coefficient (Wildman–Crippen LogP) is 5.55. The van der Waals surface area contributed by atoms with E-state index < -0.39 is 0 Å². The normalized spacial score (nSPS) is 11.1. The zero-order valence-electron chi connectivity index (χ0n) is 14.4. The number of carbonyl (C=O) groups is 1. The van der Waals surface area contributed by atoms with Gasteiger partial charge in [-0.15, -0.1) is 0 Å². The maximum atomic E-state index is 12.8. The van der Waals surface area contributed by atoms with Gasteiger partial charge in [0.1, 0.15) is 11.3 Å². The molecule has 0 radical (unpaired) electrons. The van der Waals surface area contributed by atoms with Crippen LogP contribution < -0.4 is 5.32 Å². The monoisotopic (exact) mass is 399 g/mol. The molecule has 2 aromatic heterocycles. The fraction of sp³-hybridized carbons (Fsp3) is 0.100. The van der Waals surface area contributed by atoms with Gasteiger partial charge < -0.3 is 14.3 Å². The zero-order chi connectivity index (χ0) is 19.0. The molecule has 0 saturated carbocycles. The highest BCUT2D eigenvalue weighted by molar-refractivity contribution is 6.40. The number of benzene rings is 2. The Morgan fingerprint density at radius 2 is 1.93 bits per heavy atom. The van der Waals surface area contributed by atoms with E-state index in [0.717, 1.165) is 16.7 Å².